The Balaban J connectivity index is 1.71. The lowest BCUT2D eigenvalue weighted by molar-refractivity contribution is 0.279. The second-order valence-electron chi connectivity index (χ2n) is 7.29. The summed E-state index contributed by atoms with van der Waals surface area (Å²) in [5.74, 6) is 1.47. The Morgan fingerprint density at radius 3 is 2.41 bits per heavy atom. The maximum absolute atomic E-state index is 6.32. The monoisotopic (exact) mass is 387 g/mol. The molecule has 4 heteroatoms. The maximum atomic E-state index is 6.32. The number of nitrogens with one attached hydrogen (secondary N) is 1. The number of rotatable bonds is 7. The zero-order chi connectivity index (χ0) is 18.9. The van der Waals surface area contributed by atoms with Crippen LogP contribution in [0.2, 0.25) is 5.02 Å². The zero-order valence-electron chi connectivity index (χ0n) is 16.2. The summed E-state index contributed by atoms with van der Waals surface area (Å²) in [5, 5.41) is 4.40. The zero-order valence-corrected chi connectivity index (χ0v) is 16.9. The van der Waals surface area contributed by atoms with Crippen molar-refractivity contribution >= 4 is 11.6 Å². The van der Waals surface area contributed by atoms with Crippen molar-refractivity contribution in [3.05, 3.63) is 58.6 Å². The molecule has 2 aromatic carbocycles. The molecule has 1 aliphatic carbocycles. The molecule has 0 heterocycles. The van der Waals surface area contributed by atoms with Crippen LogP contribution in [0.3, 0.4) is 0 Å². The molecule has 3 rings (SSSR count). The lowest BCUT2D eigenvalue weighted by atomic mass is 9.96. The standard InChI is InChI=1S/C23H30ClNO2/c1-26-22-15-20(24)14-19(16-25-21-12-8-3-2-4-9-13-21)23(22)27-17-18-10-6-5-7-11-18/h5-7,10-11,14-15,21,25H,2-4,8-9,12-13,16-17H2,1H3. The Kier molecular flexibility index (Phi) is 7.85. The highest BCUT2D eigenvalue weighted by Gasteiger charge is 2.16. The molecule has 1 aliphatic rings. The van der Waals surface area contributed by atoms with Gasteiger partial charge in [-0.15, -0.1) is 0 Å². The van der Waals surface area contributed by atoms with Crippen LogP contribution in [0.1, 0.15) is 56.1 Å². The smallest absolute Gasteiger partial charge is 0.166 e. The summed E-state index contributed by atoms with van der Waals surface area (Å²) in [6.07, 6.45) is 9.22. The number of benzene rings is 2. The second kappa shape index (κ2) is 10.6. The molecule has 0 unspecified atom stereocenters. The van der Waals surface area contributed by atoms with E-state index in [9.17, 15) is 0 Å². The van der Waals surface area contributed by atoms with E-state index in [1.54, 1.807) is 7.11 Å². The first-order valence-corrected chi connectivity index (χ1v) is 10.4. The Morgan fingerprint density at radius 1 is 1.00 bits per heavy atom. The third kappa shape index (κ3) is 6.15. The van der Waals surface area contributed by atoms with E-state index in [1.165, 1.54) is 44.9 Å². The summed E-state index contributed by atoms with van der Waals surface area (Å²) in [4.78, 5) is 0. The molecule has 27 heavy (non-hydrogen) atoms. The fraction of sp³-hybridized carbons (Fsp3) is 0.478. The highest BCUT2D eigenvalue weighted by Crippen LogP contribution is 2.35. The summed E-state index contributed by atoms with van der Waals surface area (Å²) in [6, 6.07) is 14.6. The fourth-order valence-electron chi connectivity index (χ4n) is 3.71. The third-order valence-corrected chi connectivity index (χ3v) is 5.45. The van der Waals surface area contributed by atoms with Crippen molar-refractivity contribution < 1.29 is 9.47 Å². The van der Waals surface area contributed by atoms with Gasteiger partial charge in [0.05, 0.1) is 7.11 Å². The van der Waals surface area contributed by atoms with Crippen LogP contribution in [0.4, 0.5) is 0 Å². The van der Waals surface area contributed by atoms with Crippen LogP contribution in [0.25, 0.3) is 0 Å². The molecule has 146 valence electrons. The van der Waals surface area contributed by atoms with Crippen LogP contribution in [0, 0.1) is 0 Å². The van der Waals surface area contributed by atoms with Gasteiger partial charge in [0.25, 0.3) is 0 Å². The van der Waals surface area contributed by atoms with Crippen LogP contribution >= 0.6 is 11.6 Å². The molecule has 1 saturated carbocycles. The van der Waals surface area contributed by atoms with Gasteiger partial charge in [-0.05, 0) is 24.5 Å². The summed E-state index contributed by atoms with van der Waals surface area (Å²) >= 11 is 6.32. The highest BCUT2D eigenvalue weighted by atomic mass is 35.5. The molecule has 3 nitrogen and oxygen atoms in total. The first-order chi connectivity index (χ1) is 13.3. The van der Waals surface area contributed by atoms with Gasteiger partial charge < -0.3 is 14.8 Å². The SMILES string of the molecule is COc1cc(Cl)cc(CNC2CCCCCCC2)c1OCc1ccccc1. The number of hydrogen-bond acceptors (Lipinski definition) is 3. The molecule has 0 aliphatic heterocycles. The van der Waals surface area contributed by atoms with E-state index < -0.39 is 0 Å². The van der Waals surface area contributed by atoms with E-state index in [-0.39, 0.29) is 0 Å². The Labute approximate surface area is 168 Å². The van der Waals surface area contributed by atoms with Crippen molar-refractivity contribution in [1.29, 1.82) is 0 Å². The highest BCUT2D eigenvalue weighted by molar-refractivity contribution is 6.30. The predicted octanol–water partition coefficient (Wildman–Crippen LogP) is 6.13. The van der Waals surface area contributed by atoms with Gasteiger partial charge >= 0.3 is 0 Å². The van der Waals surface area contributed by atoms with Gasteiger partial charge in [0.2, 0.25) is 0 Å². The minimum Gasteiger partial charge on any atom is -0.493 e. The minimum atomic E-state index is 0.509. The van der Waals surface area contributed by atoms with Crippen LogP contribution in [-0.2, 0) is 13.2 Å². The summed E-state index contributed by atoms with van der Waals surface area (Å²) < 4.78 is 11.7. The van der Waals surface area contributed by atoms with E-state index >= 15 is 0 Å². The molecule has 0 aromatic heterocycles. The third-order valence-electron chi connectivity index (χ3n) is 5.23. The summed E-state index contributed by atoms with van der Waals surface area (Å²) in [6.45, 7) is 1.25. The fourth-order valence-corrected chi connectivity index (χ4v) is 3.94. The quantitative estimate of drug-likeness (QED) is 0.619. The molecule has 0 spiro atoms. The molecule has 0 radical (unpaired) electrons. The van der Waals surface area contributed by atoms with Gasteiger partial charge in [0.15, 0.2) is 11.5 Å². The van der Waals surface area contributed by atoms with Crippen molar-refractivity contribution in [1.82, 2.24) is 5.32 Å². The van der Waals surface area contributed by atoms with Gasteiger partial charge in [-0.25, -0.2) is 0 Å². The summed E-state index contributed by atoms with van der Waals surface area (Å²) in [7, 11) is 1.66. The number of methoxy groups -OCH3 is 1. The second-order valence-corrected chi connectivity index (χ2v) is 7.73. The number of halogens is 1. The van der Waals surface area contributed by atoms with Crippen LogP contribution in [0.5, 0.6) is 11.5 Å². The van der Waals surface area contributed by atoms with Gasteiger partial charge in [-0.1, -0.05) is 74.0 Å². The van der Waals surface area contributed by atoms with Gasteiger partial charge in [0, 0.05) is 29.2 Å². The van der Waals surface area contributed by atoms with E-state index in [0.29, 0.717) is 23.4 Å². The van der Waals surface area contributed by atoms with Gasteiger partial charge in [-0.2, -0.15) is 0 Å². The van der Waals surface area contributed by atoms with Crippen molar-refractivity contribution in [3.63, 3.8) is 0 Å². The Bertz CT molecular complexity index is 697. The molecule has 1 fully saturated rings. The molecule has 1 N–H and O–H groups in total. The molecule has 0 bridgehead atoms. The van der Waals surface area contributed by atoms with E-state index in [2.05, 4.69) is 17.4 Å². The molecular formula is C23H30ClNO2. The minimum absolute atomic E-state index is 0.509. The van der Waals surface area contributed by atoms with Gasteiger partial charge in [0.1, 0.15) is 6.61 Å². The molecule has 2 aromatic rings. The van der Waals surface area contributed by atoms with Crippen molar-refractivity contribution in [2.24, 2.45) is 0 Å². The lowest BCUT2D eigenvalue weighted by Crippen LogP contribution is -2.29. The van der Waals surface area contributed by atoms with Gasteiger partial charge in [-0.3, -0.25) is 0 Å². The van der Waals surface area contributed by atoms with Crippen LogP contribution in [-0.4, -0.2) is 13.2 Å². The molecule has 0 saturated heterocycles. The van der Waals surface area contributed by atoms with E-state index in [4.69, 9.17) is 21.1 Å². The molecule has 0 amide bonds. The van der Waals surface area contributed by atoms with E-state index in [1.807, 2.05) is 30.3 Å². The van der Waals surface area contributed by atoms with Crippen molar-refractivity contribution in [3.8, 4) is 11.5 Å². The van der Waals surface area contributed by atoms with Crippen molar-refractivity contribution in [2.45, 2.75) is 64.1 Å². The first kappa shape index (κ1) is 20.0. The molecule has 0 atom stereocenters. The summed E-state index contributed by atoms with van der Waals surface area (Å²) in [5.41, 5.74) is 2.19. The van der Waals surface area contributed by atoms with Crippen LogP contribution < -0.4 is 14.8 Å². The van der Waals surface area contributed by atoms with E-state index in [0.717, 1.165) is 23.4 Å². The topological polar surface area (TPSA) is 30.5 Å². The Hall–Kier alpha value is -1.71. The normalized spacial score (nSPS) is 15.8. The average Bonchev–Trinajstić information content (AvgIpc) is 2.66. The molecular weight excluding hydrogens is 358 g/mol. The van der Waals surface area contributed by atoms with Crippen molar-refractivity contribution in [2.75, 3.05) is 7.11 Å². The number of ether oxygens (including phenoxy) is 2. The van der Waals surface area contributed by atoms with Crippen LogP contribution in [0.15, 0.2) is 42.5 Å². The first-order valence-electron chi connectivity index (χ1n) is 10.0. The lowest BCUT2D eigenvalue weighted by Gasteiger charge is -2.22. The average molecular weight is 388 g/mol. The number of hydrogen-bond donors (Lipinski definition) is 1. The maximum Gasteiger partial charge on any atom is 0.166 e. The largest absolute Gasteiger partial charge is 0.493 e. The Morgan fingerprint density at radius 2 is 1.70 bits per heavy atom. The predicted molar refractivity (Wildman–Crippen MR) is 112 cm³/mol.